The molecular formula is C55H33NO2. The fourth-order valence-electron chi connectivity index (χ4n) is 10.3. The van der Waals surface area contributed by atoms with Crippen LogP contribution in [-0.4, -0.2) is 4.57 Å². The molecular weight excluding hydrogens is 707 g/mol. The maximum atomic E-state index is 6.63. The first-order valence-corrected chi connectivity index (χ1v) is 19.9. The first kappa shape index (κ1) is 31.6. The molecule has 1 aliphatic carbocycles. The van der Waals surface area contributed by atoms with Gasteiger partial charge in [0.15, 0.2) is 0 Å². The molecule has 3 heteroatoms. The minimum Gasteiger partial charge on any atom is -0.457 e. The Kier molecular flexibility index (Phi) is 6.37. The van der Waals surface area contributed by atoms with E-state index in [1.165, 1.54) is 77.4 Å². The molecule has 3 nitrogen and oxygen atoms in total. The lowest BCUT2D eigenvalue weighted by molar-refractivity contribution is 0.436. The maximum Gasteiger partial charge on any atom is 0.136 e. The zero-order valence-electron chi connectivity index (χ0n) is 31.3. The summed E-state index contributed by atoms with van der Waals surface area (Å²) in [5.74, 6) is 1.80. The Morgan fingerprint density at radius 3 is 1.79 bits per heavy atom. The van der Waals surface area contributed by atoms with Gasteiger partial charge in [-0.1, -0.05) is 140 Å². The zero-order chi connectivity index (χ0) is 38.0. The van der Waals surface area contributed by atoms with Crippen molar-refractivity contribution < 1.29 is 9.15 Å². The minimum absolute atomic E-state index is 0.538. The van der Waals surface area contributed by atoms with Crippen LogP contribution >= 0.6 is 0 Å². The van der Waals surface area contributed by atoms with Gasteiger partial charge in [0.25, 0.3) is 0 Å². The highest BCUT2D eigenvalue weighted by atomic mass is 16.5. The first-order valence-electron chi connectivity index (χ1n) is 19.9. The third-order valence-electron chi connectivity index (χ3n) is 12.7. The van der Waals surface area contributed by atoms with E-state index in [0.29, 0.717) is 0 Å². The Balaban J connectivity index is 1.04. The van der Waals surface area contributed by atoms with Crippen molar-refractivity contribution in [2.45, 2.75) is 5.41 Å². The summed E-state index contributed by atoms with van der Waals surface area (Å²) in [7, 11) is 0. The van der Waals surface area contributed by atoms with E-state index in [9.17, 15) is 0 Å². The summed E-state index contributed by atoms with van der Waals surface area (Å²) in [6.45, 7) is 0. The molecule has 2 aliphatic rings. The van der Waals surface area contributed by atoms with Gasteiger partial charge in [0.2, 0.25) is 0 Å². The fraction of sp³-hybridized carbons (Fsp3) is 0.0182. The van der Waals surface area contributed by atoms with Crippen molar-refractivity contribution in [3.05, 3.63) is 222 Å². The van der Waals surface area contributed by atoms with Crippen molar-refractivity contribution in [2.75, 3.05) is 0 Å². The number of rotatable bonds is 3. The number of aromatic nitrogens is 1. The molecule has 1 spiro atoms. The molecule has 0 saturated heterocycles. The van der Waals surface area contributed by atoms with E-state index in [0.717, 1.165) is 39.1 Å². The fourth-order valence-corrected chi connectivity index (χ4v) is 10.3. The van der Waals surface area contributed by atoms with Gasteiger partial charge in [0.05, 0.1) is 16.4 Å². The van der Waals surface area contributed by atoms with Crippen LogP contribution in [0.25, 0.3) is 82.8 Å². The van der Waals surface area contributed by atoms with E-state index in [4.69, 9.17) is 9.15 Å². The largest absolute Gasteiger partial charge is 0.457 e. The molecule has 3 heterocycles. The summed E-state index contributed by atoms with van der Waals surface area (Å²) in [4.78, 5) is 0. The van der Waals surface area contributed by atoms with Crippen LogP contribution < -0.4 is 4.74 Å². The maximum absolute atomic E-state index is 6.63. The van der Waals surface area contributed by atoms with E-state index in [1.54, 1.807) is 0 Å². The number of fused-ring (bicyclic) bond motifs is 15. The second-order valence-corrected chi connectivity index (χ2v) is 15.6. The van der Waals surface area contributed by atoms with Gasteiger partial charge >= 0.3 is 0 Å². The van der Waals surface area contributed by atoms with Crippen molar-refractivity contribution in [1.82, 2.24) is 4.57 Å². The Hall–Kier alpha value is -7.62. The molecule has 2 aromatic heterocycles. The molecule has 0 atom stereocenters. The topological polar surface area (TPSA) is 27.3 Å². The van der Waals surface area contributed by atoms with Crippen LogP contribution in [-0.2, 0) is 5.41 Å². The Morgan fingerprint density at radius 2 is 0.983 bits per heavy atom. The van der Waals surface area contributed by atoms with Crippen molar-refractivity contribution in [2.24, 2.45) is 0 Å². The average Bonchev–Trinajstić information content (AvgIpc) is 3.92. The molecule has 0 fully saturated rings. The van der Waals surface area contributed by atoms with Crippen molar-refractivity contribution >= 4 is 43.7 Å². The monoisotopic (exact) mass is 739 g/mol. The van der Waals surface area contributed by atoms with Gasteiger partial charge < -0.3 is 13.7 Å². The van der Waals surface area contributed by atoms with E-state index in [1.807, 2.05) is 12.1 Å². The van der Waals surface area contributed by atoms with E-state index in [2.05, 4.69) is 193 Å². The Bertz CT molecular complexity index is 3430. The number of benzene rings is 9. The van der Waals surface area contributed by atoms with Crippen LogP contribution in [0.15, 0.2) is 205 Å². The quantitative estimate of drug-likeness (QED) is 0.180. The molecule has 270 valence electrons. The van der Waals surface area contributed by atoms with Crippen LogP contribution in [0, 0.1) is 0 Å². The minimum atomic E-state index is -0.538. The second-order valence-electron chi connectivity index (χ2n) is 15.6. The molecule has 0 radical (unpaired) electrons. The highest BCUT2D eigenvalue weighted by molar-refractivity contribution is 6.14. The van der Waals surface area contributed by atoms with E-state index in [-0.39, 0.29) is 0 Å². The smallest absolute Gasteiger partial charge is 0.136 e. The summed E-state index contributed by atoms with van der Waals surface area (Å²) in [5.41, 5.74) is 16.9. The molecule has 1 aliphatic heterocycles. The lowest BCUT2D eigenvalue weighted by atomic mass is 9.66. The molecule has 0 saturated carbocycles. The molecule has 58 heavy (non-hydrogen) atoms. The van der Waals surface area contributed by atoms with Crippen LogP contribution in [0.1, 0.15) is 22.3 Å². The summed E-state index contributed by atoms with van der Waals surface area (Å²) >= 11 is 0. The van der Waals surface area contributed by atoms with Gasteiger partial charge in [-0.3, -0.25) is 0 Å². The molecule has 0 amide bonds. The SMILES string of the molecule is c1ccc(-n2c3ccc(-c4ccc(-c5cccc6oc7ccccc7c56)cc4)cc3c3cc4c(cc32)C2(c3ccccc3Oc3ccccc32)c2ccccc2-4)cc1. The highest BCUT2D eigenvalue weighted by Crippen LogP contribution is 2.62. The van der Waals surface area contributed by atoms with Gasteiger partial charge in [0.1, 0.15) is 22.7 Å². The molecule has 0 N–H and O–H groups in total. The van der Waals surface area contributed by atoms with Gasteiger partial charge in [-0.2, -0.15) is 0 Å². The lowest BCUT2D eigenvalue weighted by Crippen LogP contribution is -2.32. The van der Waals surface area contributed by atoms with Gasteiger partial charge in [-0.05, 0) is 105 Å². The second kappa shape index (κ2) is 11.7. The first-order chi connectivity index (χ1) is 28.8. The van der Waals surface area contributed by atoms with Crippen LogP contribution in [0.4, 0.5) is 0 Å². The Labute approximate surface area is 334 Å². The van der Waals surface area contributed by atoms with Crippen molar-refractivity contribution in [3.8, 4) is 50.6 Å². The molecule has 0 unspecified atom stereocenters. The zero-order valence-corrected chi connectivity index (χ0v) is 31.3. The summed E-state index contributed by atoms with van der Waals surface area (Å²) in [6, 6.07) is 72.5. The van der Waals surface area contributed by atoms with Gasteiger partial charge in [-0.15, -0.1) is 0 Å². The van der Waals surface area contributed by atoms with E-state index >= 15 is 0 Å². The van der Waals surface area contributed by atoms with Crippen molar-refractivity contribution in [1.29, 1.82) is 0 Å². The number of nitrogens with zero attached hydrogens (tertiary/aromatic N) is 1. The number of ether oxygens (including phenoxy) is 1. The van der Waals surface area contributed by atoms with Crippen LogP contribution in [0.2, 0.25) is 0 Å². The predicted octanol–water partition coefficient (Wildman–Crippen LogP) is 14.5. The van der Waals surface area contributed by atoms with Gasteiger partial charge in [0, 0.05) is 38.4 Å². The summed E-state index contributed by atoms with van der Waals surface area (Å²) < 4.78 is 15.3. The average molecular weight is 740 g/mol. The normalized spacial score (nSPS) is 13.4. The van der Waals surface area contributed by atoms with Crippen LogP contribution in [0.3, 0.4) is 0 Å². The third kappa shape index (κ3) is 4.17. The summed E-state index contributed by atoms with van der Waals surface area (Å²) in [6.07, 6.45) is 0. The third-order valence-corrected chi connectivity index (χ3v) is 12.7. The highest BCUT2D eigenvalue weighted by Gasteiger charge is 2.51. The predicted molar refractivity (Wildman–Crippen MR) is 236 cm³/mol. The molecule has 9 aromatic carbocycles. The standard InChI is InChI=1S/C55H33NO2/c1-2-13-37(14-3-1)56-48-30-29-36(34-25-27-35(28-26-34)38-17-12-24-53-54(38)40-16-5-9-21-50(40)57-53)31-42(48)43-32-41-39-15-4-6-18-44(39)55(47(41)33-49(43)56)45-19-7-10-22-51(45)58-52-23-11-8-20-46(52)55/h1-33H. The number of furan rings is 1. The Morgan fingerprint density at radius 1 is 0.362 bits per heavy atom. The number of hydrogen-bond donors (Lipinski definition) is 0. The number of hydrogen-bond acceptors (Lipinski definition) is 2. The molecule has 0 bridgehead atoms. The lowest BCUT2D eigenvalue weighted by Gasteiger charge is -2.39. The number of para-hydroxylation sites is 4. The summed E-state index contributed by atoms with van der Waals surface area (Å²) in [5, 5.41) is 4.76. The van der Waals surface area contributed by atoms with E-state index < -0.39 is 5.41 Å². The molecule has 13 rings (SSSR count). The molecule has 11 aromatic rings. The van der Waals surface area contributed by atoms with Crippen molar-refractivity contribution in [3.63, 3.8) is 0 Å². The van der Waals surface area contributed by atoms with Crippen LogP contribution in [0.5, 0.6) is 11.5 Å². The van der Waals surface area contributed by atoms with Gasteiger partial charge in [-0.25, -0.2) is 0 Å².